The van der Waals surface area contributed by atoms with Crippen LogP contribution in [0.4, 0.5) is 0 Å². The van der Waals surface area contributed by atoms with Crippen molar-refractivity contribution < 1.29 is 27.3 Å². The Labute approximate surface area is 198 Å². The molecule has 1 aromatic carbocycles. The topological polar surface area (TPSA) is 113 Å². The van der Waals surface area contributed by atoms with Crippen molar-refractivity contribution in [3.05, 3.63) is 40.4 Å². The monoisotopic (exact) mass is 506 g/mol. The van der Waals surface area contributed by atoms with E-state index in [1.54, 1.807) is 0 Å². The van der Waals surface area contributed by atoms with E-state index >= 15 is 0 Å². The van der Waals surface area contributed by atoms with Gasteiger partial charge in [0, 0.05) is 18.2 Å². The summed E-state index contributed by atoms with van der Waals surface area (Å²) in [6.45, 7) is 7.92. The fourth-order valence-electron chi connectivity index (χ4n) is 3.65. The Hall–Kier alpha value is -1.81. The van der Waals surface area contributed by atoms with E-state index in [9.17, 15) is 22.6 Å². The maximum absolute atomic E-state index is 13.2. The van der Waals surface area contributed by atoms with Gasteiger partial charge in [-0.3, -0.25) is 14.1 Å². The summed E-state index contributed by atoms with van der Waals surface area (Å²) in [5.41, 5.74) is 0.156. The first-order valence-electron chi connectivity index (χ1n) is 10.2. The van der Waals surface area contributed by atoms with Crippen molar-refractivity contribution in [3.8, 4) is 5.75 Å². The number of carbonyl (C=O) groups excluding carboxylic acids is 2. The third-order valence-corrected chi connectivity index (χ3v) is 6.35. The molecule has 11 heteroatoms. The van der Waals surface area contributed by atoms with Crippen molar-refractivity contribution in [2.75, 3.05) is 18.9 Å². The van der Waals surface area contributed by atoms with E-state index in [2.05, 4.69) is 11.9 Å². The van der Waals surface area contributed by atoms with Gasteiger partial charge in [0.15, 0.2) is 5.75 Å². The Morgan fingerprint density at radius 2 is 1.97 bits per heavy atom. The first-order valence-corrected chi connectivity index (χ1v) is 12.6. The zero-order valence-corrected chi connectivity index (χ0v) is 20.3. The molecule has 1 aliphatic heterocycles. The van der Waals surface area contributed by atoms with Gasteiger partial charge in [-0.2, -0.15) is 8.42 Å². The van der Waals surface area contributed by atoms with Crippen molar-refractivity contribution in [1.82, 2.24) is 10.2 Å². The van der Waals surface area contributed by atoms with Crippen molar-refractivity contribution >= 4 is 45.1 Å². The number of nitrogens with one attached hydrogen (secondary N) is 1. The van der Waals surface area contributed by atoms with E-state index in [0.29, 0.717) is 25.8 Å². The predicted molar refractivity (Wildman–Crippen MR) is 124 cm³/mol. The smallest absolute Gasteiger partial charge is 0.266 e. The van der Waals surface area contributed by atoms with Gasteiger partial charge in [-0.1, -0.05) is 49.7 Å². The zero-order chi connectivity index (χ0) is 24.1. The van der Waals surface area contributed by atoms with Crippen LogP contribution in [-0.2, 0) is 14.9 Å². The van der Waals surface area contributed by atoms with E-state index in [-0.39, 0.29) is 39.8 Å². The molecule has 1 fully saturated rings. The number of halogens is 2. The number of amides is 2. The van der Waals surface area contributed by atoms with Crippen LogP contribution < -0.4 is 10.1 Å². The zero-order valence-electron chi connectivity index (χ0n) is 18.0. The molecule has 0 aliphatic carbocycles. The molecule has 0 aromatic heterocycles. The van der Waals surface area contributed by atoms with Crippen molar-refractivity contribution in [1.29, 1.82) is 0 Å². The molecule has 0 radical (unpaired) electrons. The summed E-state index contributed by atoms with van der Waals surface area (Å²) in [6.07, 6.45) is 2.96. The Morgan fingerprint density at radius 3 is 2.50 bits per heavy atom. The SMILES string of the molecule is C=CCOc1c(Cl)cc(C(=O)N[C@@H](CC(C)C)C(=O)N2CCCC2CS(=O)(=O)O)cc1Cl. The van der Waals surface area contributed by atoms with Crippen LogP contribution in [0.1, 0.15) is 43.5 Å². The highest BCUT2D eigenvalue weighted by atomic mass is 35.5. The lowest BCUT2D eigenvalue weighted by molar-refractivity contribution is -0.134. The second-order valence-corrected chi connectivity index (χ2v) is 10.4. The first kappa shape index (κ1) is 26.4. The first-order chi connectivity index (χ1) is 14.9. The minimum atomic E-state index is -4.24. The number of hydrogen-bond acceptors (Lipinski definition) is 5. The van der Waals surface area contributed by atoms with Crippen LogP contribution >= 0.6 is 23.2 Å². The van der Waals surface area contributed by atoms with Gasteiger partial charge >= 0.3 is 0 Å². The van der Waals surface area contributed by atoms with Crippen LogP contribution in [0.5, 0.6) is 5.75 Å². The largest absolute Gasteiger partial charge is 0.486 e. The molecule has 0 spiro atoms. The van der Waals surface area contributed by atoms with Gasteiger partial charge in [-0.05, 0) is 37.3 Å². The molecule has 2 atom stereocenters. The van der Waals surface area contributed by atoms with Crippen LogP contribution in [0.15, 0.2) is 24.8 Å². The van der Waals surface area contributed by atoms with Crippen LogP contribution in [0.3, 0.4) is 0 Å². The Kier molecular flexibility index (Phi) is 9.39. The Morgan fingerprint density at radius 1 is 1.34 bits per heavy atom. The normalized spacial score (nSPS) is 17.3. The summed E-state index contributed by atoms with van der Waals surface area (Å²) in [6, 6.07) is 1.29. The quantitative estimate of drug-likeness (QED) is 0.370. The van der Waals surface area contributed by atoms with E-state index < -0.39 is 33.9 Å². The molecule has 178 valence electrons. The molecule has 1 unspecified atom stereocenters. The second kappa shape index (κ2) is 11.4. The molecule has 2 rings (SSSR count). The summed E-state index contributed by atoms with van der Waals surface area (Å²) in [4.78, 5) is 27.5. The number of rotatable bonds is 10. The summed E-state index contributed by atoms with van der Waals surface area (Å²) in [5.74, 6) is -1.16. The van der Waals surface area contributed by atoms with Crippen LogP contribution in [0.25, 0.3) is 0 Å². The van der Waals surface area contributed by atoms with E-state index in [1.807, 2.05) is 13.8 Å². The summed E-state index contributed by atoms with van der Waals surface area (Å²) in [7, 11) is -4.24. The van der Waals surface area contributed by atoms with Gasteiger partial charge in [-0.25, -0.2) is 0 Å². The van der Waals surface area contributed by atoms with Crippen LogP contribution in [-0.4, -0.2) is 60.7 Å². The molecule has 1 saturated heterocycles. The molecule has 1 aromatic rings. The van der Waals surface area contributed by atoms with E-state index in [4.69, 9.17) is 27.9 Å². The Balaban J connectivity index is 2.22. The molecular formula is C21H28Cl2N2O6S. The minimum Gasteiger partial charge on any atom is -0.486 e. The molecule has 2 amide bonds. The average Bonchev–Trinajstić information content (AvgIpc) is 3.11. The van der Waals surface area contributed by atoms with Gasteiger partial charge < -0.3 is 15.0 Å². The summed E-state index contributed by atoms with van der Waals surface area (Å²) in [5, 5.41) is 3.01. The third-order valence-electron chi connectivity index (χ3n) is 4.98. The average molecular weight is 507 g/mol. The lowest BCUT2D eigenvalue weighted by Crippen LogP contribution is -2.51. The van der Waals surface area contributed by atoms with Crippen molar-refractivity contribution in [3.63, 3.8) is 0 Å². The lowest BCUT2D eigenvalue weighted by Gasteiger charge is -2.29. The third kappa shape index (κ3) is 7.37. The van der Waals surface area contributed by atoms with Gasteiger partial charge in [0.25, 0.3) is 16.0 Å². The highest BCUT2D eigenvalue weighted by Gasteiger charge is 2.36. The fourth-order valence-corrected chi connectivity index (χ4v) is 5.08. The fraction of sp³-hybridized carbons (Fsp3) is 0.524. The number of ether oxygens (including phenoxy) is 1. The van der Waals surface area contributed by atoms with Gasteiger partial charge in [0.05, 0.1) is 15.8 Å². The number of hydrogen-bond donors (Lipinski definition) is 2. The summed E-state index contributed by atoms with van der Waals surface area (Å²) < 4.78 is 37.3. The number of nitrogens with zero attached hydrogens (tertiary/aromatic N) is 1. The number of likely N-dealkylation sites (tertiary alicyclic amines) is 1. The van der Waals surface area contributed by atoms with Gasteiger partial charge in [-0.15, -0.1) is 0 Å². The minimum absolute atomic E-state index is 0.0775. The molecule has 0 bridgehead atoms. The van der Waals surface area contributed by atoms with Crippen molar-refractivity contribution in [2.45, 2.75) is 45.2 Å². The predicted octanol–water partition coefficient (Wildman–Crippen LogP) is 3.58. The maximum atomic E-state index is 13.2. The second-order valence-electron chi connectivity index (χ2n) is 8.10. The number of benzene rings is 1. The molecule has 2 N–H and O–H groups in total. The van der Waals surface area contributed by atoms with Crippen LogP contribution in [0.2, 0.25) is 10.0 Å². The molecular weight excluding hydrogens is 479 g/mol. The molecule has 8 nitrogen and oxygen atoms in total. The van der Waals surface area contributed by atoms with Crippen LogP contribution in [0, 0.1) is 5.92 Å². The molecule has 1 aliphatic rings. The van der Waals surface area contributed by atoms with Crippen molar-refractivity contribution in [2.24, 2.45) is 5.92 Å². The molecule has 1 heterocycles. The van der Waals surface area contributed by atoms with E-state index in [0.717, 1.165) is 0 Å². The maximum Gasteiger partial charge on any atom is 0.266 e. The number of carbonyl (C=O) groups is 2. The van der Waals surface area contributed by atoms with Gasteiger partial charge in [0.1, 0.15) is 12.6 Å². The molecule has 0 saturated carbocycles. The standard InChI is InChI=1S/C21H28Cl2N2O6S/c1-4-8-31-19-16(22)10-14(11-17(19)23)20(26)24-18(9-13(2)3)21(27)25-7-5-6-15(25)12-32(28,29)30/h4,10-11,13,15,18H,1,5-9,12H2,2-3H3,(H,24,26)(H,28,29,30)/t15?,18-/m0/s1. The molecule has 32 heavy (non-hydrogen) atoms. The van der Waals surface area contributed by atoms with E-state index in [1.165, 1.54) is 23.1 Å². The highest BCUT2D eigenvalue weighted by molar-refractivity contribution is 7.85. The van der Waals surface area contributed by atoms with Gasteiger partial charge in [0.2, 0.25) is 5.91 Å². The highest BCUT2D eigenvalue weighted by Crippen LogP contribution is 2.34. The summed E-state index contributed by atoms with van der Waals surface area (Å²) >= 11 is 12.4. The lowest BCUT2D eigenvalue weighted by atomic mass is 10.0. The Bertz CT molecular complexity index is 944.